The summed E-state index contributed by atoms with van der Waals surface area (Å²) in [4.78, 5) is 15.6. The first-order chi connectivity index (χ1) is 9.97. The van der Waals surface area contributed by atoms with Gasteiger partial charge in [0.1, 0.15) is 6.54 Å². The van der Waals surface area contributed by atoms with E-state index in [0.717, 1.165) is 5.56 Å². The maximum absolute atomic E-state index is 11.1. The Hall–Kier alpha value is -1.98. The molecule has 0 amide bonds. The molecule has 0 fully saturated rings. The van der Waals surface area contributed by atoms with Crippen molar-refractivity contribution in [2.45, 2.75) is 13.5 Å². The number of carboxylic acids is 1. The molecule has 5 nitrogen and oxygen atoms in total. The molecule has 0 spiro atoms. The Morgan fingerprint density at radius 2 is 2.10 bits per heavy atom. The molecule has 3 aromatic rings. The maximum atomic E-state index is 11.1. The van der Waals surface area contributed by atoms with Gasteiger partial charge in [0, 0.05) is 0 Å². The summed E-state index contributed by atoms with van der Waals surface area (Å²) in [5, 5.41) is 9.83. The number of furan rings is 1. The third-order valence-electron chi connectivity index (χ3n) is 3.15. The molecule has 2 aromatic heterocycles. The standard InChI is InChI=1S/C14H10Cl2N2O3/c1-7-2-3-21-13(7)14-17-10-4-8(15)9(16)5-11(10)18(14)6-12(19)20/h2-5H,6H2,1H3,(H,19,20). The smallest absolute Gasteiger partial charge is 0.323 e. The molecule has 0 saturated heterocycles. The maximum Gasteiger partial charge on any atom is 0.323 e. The van der Waals surface area contributed by atoms with Crippen LogP contribution in [-0.2, 0) is 11.3 Å². The highest BCUT2D eigenvalue weighted by Crippen LogP contribution is 2.32. The fourth-order valence-electron chi connectivity index (χ4n) is 2.19. The van der Waals surface area contributed by atoms with Gasteiger partial charge in [0.05, 0.1) is 27.3 Å². The van der Waals surface area contributed by atoms with Gasteiger partial charge in [-0.1, -0.05) is 23.2 Å². The second-order valence-corrected chi connectivity index (χ2v) is 5.42. The Morgan fingerprint density at radius 3 is 2.71 bits per heavy atom. The summed E-state index contributed by atoms with van der Waals surface area (Å²) >= 11 is 12.0. The molecule has 1 aromatic carbocycles. The third kappa shape index (κ3) is 2.39. The number of rotatable bonds is 3. The highest BCUT2D eigenvalue weighted by Gasteiger charge is 2.19. The van der Waals surface area contributed by atoms with Gasteiger partial charge in [-0.15, -0.1) is 0 Å². The largest absolute Gasteiger partial charge is 0.480 e. The normalized spacial score (nSPS) is 11.2. The van der Waals surface area contributed by atoms with Gasteiger partial charge in [-0.25, -0.2) is 4.98 Å². The van der Waals surface area contributed by atoms with E-state index < -0.39 is 5.97 Å². The van der Waals surface area contributed by atoms with Crippen LogP contribution in [0, 0.1) is 6.92 Å². The lowest BCUT2D eigenvalue weighted by molar-refractivity contribution is -0.137. The van der Waals surface area contributed by atoms with Crippen molar-refractivity contribution in [1.82, 2.24) is 9.55 Å². The molecule has 21 heavy (non-hydrogen) atoms. The van der Waals surface area contributed by atoms with Gasteiger partial charge < -0.3 is 14.1 Å². The number of carbonyl (C=O) groups is 1. The van der Waals surface area contributed by atoms with Crippen molar-refractivity contribution >= 4 is 40.2 Å². The number of hydrogen-bond acceptors (Lipinski definition) is 3. The van der Waals surface area contributed by atoms with Crippen molar-refractivity contribution in [1.29, 1.82) is 0 Å². The first-order valence-electron chi connectivity index (χ1n) is 6.09. The van der Waals surface area contributed by atoms with Gasteiger partial charge in [-0.05, 0) is 30.7 Å². The van der Waals surface area contributed by atoms with Crippen molar-refractivity contribution in [2.75, 3.05) is 0 Å². The van der Waals surface area contributed by atoms with Crippen LogP contribution in [0.5, 0.6) is 0 Å². The molecule has 2 heterocycles. The predicted molar refractivity (Wildman–Crippen MR) is 79.8 cm³/mol. The van der Waals surface area contributed by atoms with E-state index in [2.05, 4.69) is 4.98 Å². The zero-order valence-corrected chi connectivity index (χ0v) is 12.4. The van der Waals surface area contributed by atoms with Crippen molar-refractivity contribution in [3.63, 3.8) is 0 Å². The van der Waals surface area contributed by atoms with E-state index in [0.29, 0.717) is 32.7 Å². The monoisotopic (exact) mass is 324 g/mol. The van der Waals surface area contributed by atoms with Crippen LogP contribution in [0.4, 0.5) is 0 Å². The lowest BCUT2D eigenvalue weighted by Gasteiger charge is -2.05. The Labute approximate surface area is 129 Å². The van der Waals surface area contributed by atoms with Crippen LogP contribution in [0.1, 0.15) is 5.56 Å². The Kier molecular flexibility index (Phi) is 3.39. The lowest BCUT2D eigenvalue weighted by atomic mass is 10.2. The van der Waals surface area contributed by atoms with Crippen LogP contribution in [0.2, 0.25) is 10.0 Å². The lowest BCUT2D eigenvalue weighted by Crippen LogP contribution is -2.10. The molecule has 0 bridgehead atoms. The van der Waals surface area contributed by atoms with E-state index in [1.54, 1.807) is 22.8 Å². The second-order valence-electron chi connectivity index (χ2n) is 4.60. The number of carboxylic acid groups (broad SMARTS) is 1. The zero-order chi connectivity index (χ0) is 15.1. The minimum Gasteiger partial charge on any atom is -0.480 e. The number of aryl methyl sites for hydroxylation is 1. The SMILES string of the molecule is Cc1ccoc1-c1nc2cc(Cl)c(Cl)cc2n1CC(=O)O. The number of imidazole rings is 1. The molecule has 1 N–H and O–H groups in total. The number of fused-ring (bicyclic) bond motifs is 1. The van der Waals surface area contributed by atoms with Crippen LogP contribution in [0.3, 0.4) is 0 Å². The molecular formula is C14H10Cl2N2O3. The van der Waals surface area contributed by atoms with E-state index in [1.807, 2.05) is 6.92 Å². The quantitative estimate of drug-likeness (QED) is 0.790. The summed E-state index contributed by atoms with van der Waals surface area (Å²) in [6.07, 6.45) is 1.54. The molecule has 7 heteroatoms. The fraction of sp³-hybridized carbons (Fsp3) is 0.143. The predicted octanol–water partition coefficient (Wildman–Crippen LogP) is 4.00. The summed E-state index contributed by atoms with van der Waals surface area (Å²) in [7, 11) is 0. The highest BCUT2D eigenvalue weighted by molar-refractivity contribution is 6.42. The number of hydrogen-bond donors (Lipinski definition) is 1. The van der Waals surface area contributed by atoms with Crippen molar-refractivity contribution in [3.05, 3.63) is 40.1 Å². The van der Waals surface area contributed by atoms with Crippen LogP contribution in [0.25, 0.3) is 22.6 Å². The molecule has 0 aliphatic carbocycles. The Bertz CT molecular complexity index is 851. The van der Waals surface area contributed by atoms with Crippen molar-refractivity contribution < 1.29 is 14.3 Å². The van der Waals surface area contributed by atoms with Gasteiger partial charge in [-0.3, -0.25) is 4.79 Å². The first kappa shape index (κ1) is 14.0. The molecule has 0 aliphatic heterocycles. The van der Waals surface area contributed by atoms with Gasteiger partial charge in [-0.2, -0.15) is 0 Å². The molecule has 0 radical (unpaired) electrons. The van der Waals surface area contributed by atoms with E-state index in [1.165, 1.54) is 6.26 Å². The number of aliphatic carboxylic acids is 1. The minimum atomic E-state index is -0.981. The summed E-state index contributed by atoms with van der Waals surface area (Å²) in [5.41, 5.74) is 2.03. The molecule has 3 rings (SSSR count). The Morgan fingerprint density at radius 1 is 1.38 bits per heavy atom. The molecule has 0 aliphatic rings. The van der Waals surface area contributed by atoms with Crippen LogP contribution >= 0.6 is 23.2 Å². The molecular weight excluding hydrogens is 315 g/mol. The van der Waals surface area contributed by atoms with E-state index in [-0.39, 0.29) is 6.54 Å². The first-order valence-corrected chi connectivity index (χ1v) is 6.84. The number of halogens is 2. The number of aromatic nitrogens is 2. The third-order valence-corrected chi connectivity index (χ3v) is 3.87. The summed E-state index contributed by atoms with van der Waals surface area (Å²) in [6.45, 7) is 1.62. The average Bonchev–Trinajstić information content (AvgIpc) is 2.95. The highest BCUT2D eigenvalue weighted by atomic mass is 35.5. The summed E-state index contributed by atoms with van der Waals surface area (Å²) < 4.78 is 6.97. The van der Waals surface area contributed by atoms with E-state index >= 15 is 0 Å². The number of benzene rings is 1. The summed E-state index contributed by atoms with van der Waals surface area (Å²) in [5.74, 6) is -0.0150. The van der Waals surface area contributed by atoms with E-state index in [4.69, 9.17) is 32.7 Å². The van der Waals surface area contributed by atoms with Crippen LogP contribution in [-0.4, -0.2) is 20.6 Å². The van der Waals surface area contributed by atoms with Gasteiger partial charge in [0.25, 0.3) is 0 Å². The Balaban J connectivity index is 2.33. The second kappa shape index (κ2) is 5.09. The average molecular weight is 325 g/mol. The molecule has 0 atom stereocenters. The van der Waals surface area contributed by atoms with Crippen molar-refractivity contribution in [2.24, 2.45) is 0 Å². The minimum absolute atomic E-state index is 0.246. The zero-order valence-electron chi connectivity index (χ0n) is 10.9. The van der Waals surface area contributed by atoms with Crippen LogP contribution < -0.4 is 0 Å². The van der Waals surface area contributed by atoms with Gasteiger partial charge >= 0.3 is 5.97 Å². The topological polar surface area (TPSA) is 68.3 Å². The van der Waals surface area contributed by atoms with E-state index in [9.17, 15) is 4.79 Å². The molecule has 0 unspecified atom stereocenters. The number of nitrogens with zero attached hydrogens (tertiary/aromatic N) is 2. The fourth-order valence-corrected chi connectivity index (χ4v) is 2.51. The molecule has 0 saturated carbocycles. The van der Waals surface area contributed by atoms with Gasteiger partial charge in [0.2, 0.25) is 0 Å². The van der Waals surface area contributed by atoms with Gasteiger partial charge in [0.15, 0.2) is 11.6 Å². The van der Waals surface area contributed by atoms with Crippen molar-refractivity contribution in [3.8, 4) is 11.6 Å². The molecule has 108 valence electrons. The summed E-state index contributed by atoms with van der Waals surface area (Å²) in [6, 6.07) is 5.01. The van der Waals surface area contributed by atoms with Crippen LogP contribution in [0.15, 0.2) is 28.9 Å².